The molecular weight excluding hydrogens is 286 g/mol. The van der Waals surface area contributed by atoms with E-state index >= 15 is 0 Å². The summed E-state index contributed by atoms with van der Waals surface area (Å²) in [4.78, 5) is 15.2. The van der Waals surface area contributed by atoms with Gasteiger partial charge in [-0.2, -0.15) is 0 Å². The molecule has 1 aromatic heterocycles. The quantitative estimate of drug-likeness (QED) is 0.665. The summed E-state index contributed by atoms with van der Waals surface area (Å²) in [6.07, 6.45) is 0.700. The molecule has 0 bridgehead atoms. The summed E-state index contributed by atoms with van der Waals surface area (Å²) in [6, 6.07) is 2.24. The van der Waals surface area contributed by atoms with Crippen molar-refractivity contribution < 1.29 is 9.53 Å². The topological polar surface area (TPSA) is 67.6 Å². The van der Waals surface area contributed by atoms with Crippen molar-refractivity contribution in [3.8, 4) is 0 Å². The minimum atomic E-state index is -0.453. The van der Waals surface area contributed by atoms with E-state index in [4.69, 9.17) is 10.6 Å². The first-order valence-corrected chi connectivity index (χ1v) is 8.17. The molecule has 5 nitrogen and oxygen atoms in total. The second-order valence-electron chi connectivity index (χ2n) is 6.61. The first-order chi connectivity index (χ1) is 9.80. The molecule has 0 spiro atoms. The van der Waals surface area contributed by atoms with E-state index in [-0.39, 0.29) is 12.1 Å². The van der Waals surface area contributed by atoms with E-state index in [2.05, 4.69) is 23.8 Å². The molecule has 1 fully saturated rings. The average molecular weight is 311 g/mol. The molecule has 1 saturated heterocycles. The predicted octanol–water partition coefficient (Wildman–Crippen LogP) is 2.82. The number of aryl methyl sites for hydroxylation is 1. The van der Waals surface area contributed by atoms with Crippen LogP contribution in [0.25, 0.3) is 0 Å². The fourth-order valence-electron chi connectivity index (χ4n) is 2.68. The average Bonchev–Trinajstić information content (AvgIpc) is 2.98. The monoisotopic (exact) mass is 311 g/mol. The van der Waals surface area contributed by atoms with Crippen molar-refractivity contribution in [2.24, 2.45) is 11.8 Å². The van der Waals surface area contributed by atoms with E-state index in [0.29, 0.717) is 12.5 Å². The Hall–Kier alpha value is -1.11. The van der Waals surface area contributed by atoms with Gasteiger partial charge in [-0.1, -0.05) is 0 Å². The Labute approximate surface area is 130 Å². The largest absolute Gasteiger partial charge is 0.444 e. The lowest BCUT2D eigenvalue weighted by atomic mass is 9.94. The molecule has 2 heterocycles. The maximum absolute atomic E-state index is 12.1. The van der Waals surface area contributed by atoms with Gasteiger partial charge in [0, 0.05) is 18.0 Å². The van der Waals surface area contributed by atoms with Crippen LogP contribution in [0.4, 0.5) is 4.79 Å². The van der Waals surface area contributed by atoms with Crippen LogP contribution in [0.2, 0.25) is 0 Å². The van der Waals surface area contributed by atoms with Gasteiger partial charge < -0.3 is 9.64 Å². The van der Waals surface area contributed by atoms with Crippen LogP contribution in [-0.2, 0) is 4.74 Å². The highest BCUT2D eigenvalue weighted by Gasteiger charge is 2.34. The highest BCUT2D eigenvalue weighted by molar-refractivity contribution is 7.10. The number of nitrogens with zero attached hydrogens (tertiary/aromatic N) is 1. The van der Waals surface area contributed by atoms with Crippen LogP contribution < -0.4 is 11.3 Å². The first kappa shape index (κ1) is 16.3. The number of nitrogens with two attached hydrogens (primary N) is 1. The Morgan fingerprint density at radius 2 is 2.29 bits per heavy atom. The van der Waals surface area contributed by atoms with Gasteiger partial charge in [0.05, 0.1) is 6.04 Å². The molecule has 21 heavy (non-hydrogen) atoms. The SMILES string of the molecule is Cc1cc(C(NN)C2CCN(C(=O)OC(C)(C)C)C2)cs1. The molecule has 0 saturated carbocycles. The highest BCUT2D eigenvalue weighted by atomic mass is 32.1. The molecular formula is C15H25N3O2S. The number of amides is 1. The van der Waals surface area contributed by atoms with Crippen molar-refractivity contribution in [1.29, 1.82) is 0 Å². The van der Waals surface area contributed by atoms with Crippen molar-refractivity contribution in [3.63, 3.8) is 0 Å². The molecule has 3 N–H and O–H groups in total. The van der Waals surface area contributed by atoms with E-state index < -0.39 is 5.60 Å². The van der Waals surface area contributed by atoms with Gasteiger partial charge >= 0.3 is 6.09 Å². The maximum atomic E-state index is 12.1. The summed E-state index contributed by atoms with van der Waals surface area (Å²) < 4.78 is 5.43. The Balaban J connectivity index is 1.99. The summed E-state index contributed by atoms with van der Waals surface area (Å²) in [5, 5.41) is 2.13. The van der Waals surface area contributed by atoms with Gasteiger partial charge in [0.15, 0.2) is 0 Å². The zero-order chi connectivity index (χ0) is 15.6. The van der Waals surface area contributed by atoms with Crippen LogP contribution in [-0.4, -0.2) is 29.7 Å². The molecule has 2 rings (SSSR count). The molecule has 2 unspecified atom stereocenters. The molecule has 1 amide bonds. The van der Waals surface area contributed by atoms with Crippen LogP contribution in [0.5, 0.6) is 0 Å². The van der Waals surface area contributed by atoms with Crippen molar-refractivity contribution in [3.05, 3.63) is 21.9 Å². The molecule has 0 radical (unpaired) electrons. The third kappa shape index (κ3) is 4.18. The molecule has 0 aromatic carbocycles. The number of hydrogen-bond donors (Lipinski definition) is 2. The zero-order valence-corrected chi connectivity index (χ0v) is 14.0. The van der Waals surface area contributed by atoms with E-state index in [1.807, 2.05) is 20.8 Å². The third-order valence-corrected chi connectivity index (χ3v) is 4.52. The first-order valence-electron chi connectivity index (χ1n) is 7.29. The maximum Gasteiger partial charge on any atom is 0.410 e. The summed E-state index contributed by atoms with van der Waals surface area (Å²) >= 11 is 1.72. The zero-order valence-electron chi connectivity index (χ0n) is 13.2. The fraction of sp³-hybridized carbons (Fsp3) is 0.667. The van der Waals surface area contributed by atoms with Gasteiger partial charge in [-0.3, -0.25) is 11.3 Å². The lowest BCUT2D eigenvalue weighted by Gasteiger charge is -2.25. The molecule has 2 atom stereocenters. The number of rotatable bonds is 3. The summed E-state index contributed by atoms with van der Waals surface area (Å²) in [7, 11) is 0. The molecule has 0 aliphatic carbocycles. The lowest BCUT2D eigenvalue weighted by molar-refractivity contribution is 0.0285. The van der Waals surface area contributed by atoms with Crippen molar-refractivity contribution >= 4 is 17.4 Å². The third-order valence-electron chi connectivity index (χ3n) is 3.64. The van der Waals surface area contributed by atoms with Gasteiger partial charge in [-0.05, 0) is 57.0 Å². The summed E-state index contributed by atoms with van der Waals surface area (Å²) in [5.41, 5.74) is 3.66. The summed E-state index contributed by atoms with van der Waals surface area (Å²) in [6.45, 7) is 9.15. The van der Waals surface area contributed by atoms with Crippen molar-refractivity contribution in [2.45, 2.75) is 45.8 Å². The number of likely N-dealkylation sites (tertiary alicyclic amines) is 1. The van der Waals surface area contributed by atoms with E-state index in [1.54, 1.807) is 16.2 Å². The molecule has 6 heteroatoms. The number of carbonyl (C=O) groups excluding carboxylic acids is 1. The number of ether oxygens (including phenoxy) is 1. The van der Waals surface area contributed by atoms with E-state index in [0.717, 1.165) is 13.0 Å². The van der Waals surface area contributed by atoms with Gasteiger partial charge in [-0.25, -0.2) is 4.79 Å². The number of carbonyl (C=O) groups is 1. The van der Waals surface area contributed by atoms with Crippen LogP contribution in [0.1, 0.15) is 43.7 Å². The number of thiophene rings is 1. The minimum absolute atomic E-state index is 0.0855. The fourth-order valence-corrected chi connectivity index (χ4v) is 3.42. The highest BCUT2D eigenvalue weighted by Crippen LogP contribution is 2.32. The lowest BCUT2D eigenvalue weighted by Crippen LogP contribution is -2.38. The molecule has 1 aliphatic rings. The number of hydrogen-bond acceptors (Lipinski definition) is 5. The van der Waals surface area contributed by atoms with Gasteiger partial charge in [-0.15, -0.1) is 11.3 Å². The molecule has 1 aliphatic heterocycles. The van der Waals surface area contributed by atoms with E-state index in [9.17, 15) is 4.79 Å². The second kappa shape index (κ2) is 6.34. The van der Waals surface area contributed by atoms with Crippen LogP contribution in [0.3, 0.4) is 0 Å². The molecule has 118 valence electrons. The van der Waals surface area contributed by atoms with Crippen LogP contribution in [0, 0.1) is 12.8 Å². The predicted molar refractivity (Wildman–Crippen MR) is 85.0 cm³/mol. The minimum Gasteiger partial charge on any atom is -0.444 e. The Morgan fingerprint density at radius 3 is 2.81 bits per heavy atom. The van der Waals surface area contributed by atoms with Crippen LogP contribution >= 0.6 is 11.3 Å². The van der Waals surface area contributed by atoms with Gasteiger partial charge in [0.25, 0.3) is 0 Å². The molecule has 1 aromatic rings. The smallest absolute Gasteiger partial charge is 0.410 e. The van der Waals surface area contributed by atoms with Crippen molar-refractivity contribution in [1.82, 2.24) is 10.3 Å². The van der Waals surface area contributed by atoms with Crippen molar-refractivity contribution in [2.75, 3.05) is 13.1 Å². The van der Waals surface area contributed by atoms with Gasteiger partial charge in [0.2, 0.25) is 0 Å². The Kier molecular flexibility index (Phi) is 4.91. The number of nitrogens with one attached hydrogen (secondary N) is 1. The van der Waals surface area contributed by atoms with E-state index in [1.165, 1.54) is 10.4 Å². The normalized spacial score (nSPS) is 20.6. The van der Waals surface area contributed by atoms with Crippen LogP contribution in [0.15, 0.2) is 11.4 Å². The standard InChI is InChI=1S/C15H25N3O2S/c1-10-7-12(9-21-10)13(17-16)11-5-6-18(8-11)14(19)20-15(2,3)4/h7,9,11,13,17H,5-6,8,16H2,1-4H3. The Bertz CT molecular complexity index is 495. The number of hydrazine groups is 1. The Morgan fingerprint density at radius 1 is 1.57 bits per heavy atom. The summed E-state index contributed by atoms with van der Waals surface area (Å²) in [5.74, 6) is 6.05. The second-order valence-corrected chi connectivity index (χ2v) is 7.73. The van der Waals surface area contributed by atoms with Gasteiger partial charge in [0.1, 0.15) is 5.60 Å².